The molecule has 36 heavy (non-hydrogen) atoms. The van der Waals surface area contributed by atoms with Gasteiger partial charge in [-0.05, 0) is 64.0 Å². The molecule has 1 aromatic heterocycles. The number of aromatic nitrogens is 1. The summed E-state index contributed by atoms with van der Waals surface area (Å²) < 4.78 is 19.0. The molecule has 4 rings (SSSR count). The van der Waals surface area contributed by atoms with Gasteiger partial charge < -0.3 is 14.2 Å². The number of carbonyl (C=O) groups is 1. The molecular formula is C28H30N2O5S. The van der Waals surface area contributed by atoms with Gasteiger partial charge in [0.25, 0.3) is 5.56 Å². The van der Waals surface area contributed by atoms with Gasteiger partial charge in [-0.3, -0.25) is 9.36 Å². The number of benzene rings is 2. The third-order valence-corrected chi connectivity index (χ3v) is 6.76. The number of fused-ring (bicyclic) bond motifs is 1. The second kappa shape index (κ2) is 11.0. The van der Waals surface area contributed by atoms with Gasteiger partial charge in [-0.2, -0.15) is 0 Å². The third-order valence-electron chi connectivity index (χ3n) is 5.78. The van der Waals surface area contributed by atoms with Crippen LogP contribution in [0, 0.1) is 6.92 Å². The number of thiazole rings is 1. The summed E-state index contributed by atoms with van der Waals surface area (Å²) >= 11 is 1.30. The molecule has 0 spiro atoms. The quantitative estimate of drug-likeness (QED) is 0.433. The Morgan fingerprint density at radius 2 is 1.69 bits per heavy atom. The van der Waals surface area contributed by atoms with Crippen molar-refractivity contribution in [2.75, 3.05) is 19.8 Å². The van der Waals surface area contributed by atoms with Crippen molar-refractivity contribution in [1.29, 1.82) is 0 Å². The molecular weight excluding hydrogens is 476 g/mol. The van der Waals surface area contributed by atoms with Crippen LogP contribution in [0.1, 0.15) is 50.4 Å². The molecule has 7 nitrogen and oxygen atoms in total. The Morgan fingerprint density at radius 1 is 1.00 bits per heavy atom. The van der Waals surface area contributed by atoms with Crippen LogP contribution in [0.15, 0.2) is 63.5 Å². The van der Waals surface area contributed by atoms with Crippen molar-refractivity contribution < 1.29 is 19.0 Å². The second-order valence-corrected chi connectivity index (χ2v) is 9.29. The number of esters is 1. The summed E-state index contributed by atoms with van der Waals surface area (Å²) in [5.41, 5.74) is 3.41. The molecule has 188 valence electrons. The topological polar surface area (TPSA) is 79.1 Å². The minimum absolute atomic E-state index is 0.216. The molecule has 0 fully saturated rings. The molecule has 0 amide bonds. The lowest BCUT2D eigenvalue weighted by Crippen LogP contribution is -2.40. The fourth-order valence-corrected chi connectivity index (χ4v) is 5.21. The van der Waals surface area contributed by atoms with Gasteiger partial charge in [0.15, 0.2) is 16.3 Å². The minimum atomic E-state index is -0.713. The highest BCUT2D eigenvalue weighted by Gasteiger charge is 2.34. The van der Waals surface area contributed by atoms with Crippen LogP contribution in [-0.4, -0.2) is 30.4 Å². The number of aryl methyl sites for hydroxylation is 1. The molecule has 0 N–H and O–H groups in total. The van der Waals surface area contributed by atoms with Gasteiger partial charge in [-0.15, -0.1) is 0 Å². The van der Waals surface area contributed by atoms with Crippen LogP contribution < -0.4 is 24.4 Å². The first-order chi connectivity index (χ1) is 17.4. The van der Waals surface area contributed by atoms with E-state index in [1.165, 1.54) is 11.3 Å². The van der Waals surface area contributed by atoms with Gasteiger partial charge >= 0.3 is 5.97 Å². The zero-order valence-electron chi connectivity index (χ0n) is 21.2. The number of allylic oxidation sites excluding steroid dienone is 1. The summed E-state index contributed by atoms with van der Waals surface area (Å²) in [4.78, 5) is 32.0. The zero-order chi connectivity index (χ0) is 25.8. The smallest absolute Gasteiger partial charge is 0.338 e. The highest BCUT2D eigenvalue weighted by molar-refractivity contribution is 7.07. The van der Waals surface area contributed by atoms with Gasteiger partial charge in [0.1, 0.15) is 0 Å². The van der Waals surface area contributed by atoms with Crippen LogP contribution >= 0.6 is 11.3 Å². The van der Waals surface area contributed by atoms with E-state index in [0.29, 0.717) is 50.9 Å². The van der Waals surface area contributed by atoms with Crippen LogP contribution in [0.3, 0.4) is 0 Å². The summed E-state index contributed by atoms with van der Waals surface area (Å²) in [6.45, 7) is 10.5. The van der Waals surface area contributed by atoms with E-state index in [4.69, 9.17) is 14.2 Å². The fourth-order valence-electron chi connectivity index (χ4n) is 4.16. The van der Waals surface area contributed by atoms with Crippen molar-refractivity contribution in [3.05, 3.63) is 90.1 Å². The van der Waals surface area contributed by atoms with Gasteiger partial charge in [-0.25, -0.2) is 9.79 Å². The molecule has 8 heteroatoms. The molecule has 2 aromatic carbocycles. The van der Waals surface area contributed by atoms with Gasteiger partial charge in [0.2, 0.25) is 0 Å². The lowest BCUT2D eigenvalue weighted by Gasteiger charge is -2.25. The molecule has 1 atom stereocenters. The average Bonchev–Trinajstić information content (AvgIpc) is 3.15. The summed E-state index contributed by atoms with van der Waals surface area (Å²) in [7, 11) is 0. The maximum Gasteiger partial charge on any atom is 0.338 e. The van der Waals surface area contributed by atoms with E-state index in [-0.39, 0.29) is 12.2 Å². The SMILES string of the molecule is CCOC(=O)C1=C(C)N=c2sc(=Cc3ccc(C)cc3)c(=O)n2C1c1ccc(OCC)c(OCC)c1. The molecule has 0 saturated carbocycles. The minimum Gasteiger partial charge on any atom is -0.490 e. The summed E-state index contributed by atoms with van der Waals surface area (Å²) in [5, 5.41) is 0. The van der Waals surface area contributed by atoms with Crippen molar-refractivity contribution in [3.63, 3.8) is 0 Å². The Bertz CT molecular complexity index is 1480. The monoisotopic (exact) mass is 506 g/mol. The molecule has 0 saturated heterocycles. The first-order valence-electron chi connectivity index (χ1n) is 12.0. The molecule has 0 aliphatic carbocycles. The highest BCUT2D eigenvalue weighted by atomic mass is 32.1. The average molecular weight is 507 g/mol. The number of hydrogen-bond acceptors (Lipinski definition) is 7. The number of ether oxygens (including phenoxy) is 3. The second-order valence-electron chi connectivity index (χ2n) is 8.29. The normalized spacial score (nSPS) is 15.4. The molecule has 2 heterocycles. The zero-order valence-corrected chi connectivity index (χ0v) is 22.0. The molecule has 1 unspecified atom stereocenters. The number of nitrogens with zero attached hydrogens (tertiary/aromatic N) is 2. The third kappa shape index (κ3) is 4.99. The predicted octanol–water partition coefficient (Wildman–Crippen LogP) is 3.90. The number of hydrogen-bond donors (Lipinski definition) is 0. The van der Waals surface area contributed by atoms with Crippen LogP contribution in [-0.2, 0) is 9.53 Å². The first kappa shape index (κ1) is 25.4. The van der Waals surface area contributed by atoms with E-state index >= 15 is 0 Å². The standard InChI is InChI=1S/C28H30N2O5S/c1-6-33-21-14-13-20(16-22(21)34-7-2)25-24(27(32)35-8-3)18(5)29-28-30(25)26(31)23(36-28)15-19-11-9-17(4)10-12-19/h9-16,25H,6-8H2,1-5H3. The summed E-state index contributed by atoms with van der Waals surface area (Å²) in [5.74, 6) is 0.660. The molecule has 0 radical (unpaired) electrons. The van der Waals surface area contributed by atoms with E-state index in [1.807, 2.05) is 69.3 Å². The Labute approximate surface area is 214 Å². The van der Waals surface area contributed by atoms with Gasteiger partial charge in [0, 0.05) is 0 Å². The maximum atomic E-state index is 13.7. The van der Waals surface area contributed by atoms with Crippen molar-refractivity contribution in [2.24, 2.45) is 4.99 Å². The lowest BCUT2D eigenvalue weighted by molar-refractivity contribution is -0.139. The fraction of sp³-hybridized carbons (Fsp3) is 0.321. The van der Waals surface area contributed by atoms with E-state index in [1.54, 1.807) is 18.4 Å². The Balaban J connectivity index is 1.94. The number of carbonyl (C=O) groups excluding carboxylic acids is 1. The van der Waals surface area contributed by atoms with Crippen LogP contribution in [0.4, 0.5) is 0 Å². The van der Waals surface area contributed by atoms with Crippen LogP contribution in [0.2, 0.25) is 0 Å². The molecule has 3 aromatic rings. The highest BCUT2D eigenvalue weighted by Crippen LogP contribution is 2.36. The Kier molecular flexibility index (Phi) is 7.74. The van der Waals surface area contributed by atoms with Gasteiger partial charge in [0.05, 0.1) is 41.7 Å². The van der Waals surface area contributed by atoms with Gasteiger partial charge in [-0.1, -0.05) is 47.2 Å². The van der Waals surface area contributed by atoms with Crippen molar-refractivity contribution >= 4 is 23.4 Å². The maximum absolute atomic E-state index is 13.7. The lowest BCUT2D eigenvalue weighted by atomic mass is 9.95. The van der Waals surface area contributed by atoms with E-state index in [2.05, 4.69) is 4.99 Å². The van der Waals surface area contributed by atoms with E-state index < -0.39 is 12.0 Å². The van der Waals surface area contributed by atoms with Crippen molar-refractivity contribution in [1.82, 2.24) is 4.57 Å². The largest absolute Gasteiger partial charge is 0.490 e. The van der Waals surface area contributed by atoms with Crippen LogP contribution in [0.5, 0.6) is 11.5 Å². The van der Waals surface area contributed by atoms with Crippen molar-refractivity contribution in [3.8, 4) is 11.5 Å². The summed E-state index contributed by atoms with van der Waals surface area (Å²) in [6.07, 6.45) is 1.85. The Morgan fingerprint density at radius 3 is 2.36 bits per heavy atom. The number of rotatable bonds is 8. The van der Waals surface area contributed by atoms with E-state index in [0.717, 1.165) is 11.1 Å². The molecule has 1 aliphatic rings. The Hall–Kier alpha value is -3.65. The molecule has 0 bridgehead atoms. The van der Waals surface area contributed by atoms with Crippen LogP contribution in [0.25, 0.3) is 6.08 Å². The van der Waals surface area contributed by atoms with E-state index in [9.17, 15) is 9.59 Å². The van der Waals surface area contributed by atoms with Crippen molar-refractivity contribution in [2.45, 2.75) is 40.7 Å². The molecule has 1 aliphatic heterocycles. The summed E-state index contributed by atoms with van der Waals surface area (Å²) in [6, 6.07) is 12.7. The predicted molar refractivity (Wildman–Crippen MR) is 140 cm³/mol. The first-order valence-corrected chi connectivity index (χ1v) is 12.8.